The van der Waals surface area contributed by atoms with Crippen LogP contribution in [0.3, 0.4) is 0 Å². The van der Waals surface area contributed by atoms with Crippen LogP contribution in [0.5, 0.6) is 5.88 Å². The van der Waals surface area contributed by atoms with Gasteiger partial charge in [-0.15, -0.1) is 11.8 Å². The fraction of sp³-hybridized carbons (Fsp3) is 0.250. The van der Waals surface area contributed by atoms with Crippen molar-refractivity contribution in [2.24, 2.45) is 0 Å². The number of aryl methyl sites for hydroxylation is 1. The minimum atomic E-state index is 0.700. The Labute approximate surface area is 93.7 Å². The lowest BCUT2D eigenvalue weighted by Crippen LogP contribution is -1.91. The van der Waals surface area contributed by atoms with Gasteiger partial charge < -0.3 is 4.74 Å². The van der Waals surface area contributed by atoms with E-state index in [1.165, 1.54) is 15.8 Å². The summed E-state index contributed by atoms with van der Waals surface area (Å²) in [6.07, 6.45) is 3.94. The lowest BCUT2D eigenvalue weighted by atomic mass is 10.1. The van der Waals surface area contributed by atoms with E-state index in [0.717, 1.165) is 5.39 Å². The molecule has 1 heterocycles. The lowest BCUT2D eigenvalue weighted by molar-refractivity contribution is 0.403. The highest BCUT2D eigenvalue weighted by Gasteiger charge is 2.08. The summed E-state index contributed by atoms with van der Waals surface area (Å²) in [6.45, 7) is 2.11. The van der Waals surface area contributed by atoms with Gasteiger partial charge in [0.2, 0.25) is 5.88 Å². The van der Waals surface area contributed by atoms with Crippen molar-refractivity contribution in [1.29, 1.82) is 0 Å². The molecular formula is C12H13NOS. The molecule has 0 aliphatic heterocycles. The molecule has 1 aromatic carbocycles. The Hall–Kier alpha value is -1.22. The van der Waals surface area contributed by atoms with Crippen LogP contribution in [0, 0.1) is 6.92 Å². The average Bonchev–Trinajstić information content (AvgIpc) is 2.28. The van der Waals surface area contributed by atoms with Gasteiger partial charge in [-0.2, -0.15) is 0 Å². The van der Waals surface area contributed by atoms with Crippen LogP contribution in [0.4, 0.5) is 0 Å². The van der Waals surface area contributed by atoms with Gasteiger partial charge in [0.25, 0.3) is 0 Å². The molecule has 0 amide bonds. The third-order valence-corrected chi connectivity index (χ3v) is 3.21. The lowest BCUT2D eigenvalue weighted by Gasteiger charge is -2.09. The van der Waals surface area contributed by atoms with Crippen molar-refractivity contribution < 1.29 is 4.74 Å². The minimum Gasteiger partial charge on any atom is -0.481 e. The summed E-state index contributed by atoms with van der Waals surface area (Å²) in [4.78, 5) is 5.49. The second-order valence-electron chi connectivity index (χ2n) is 3.33. The second-order valence-corrected chi connectivity index (χ2v) is 4.18. The SMILES string of the molecule is COc1ncc(SC)c2c(C)cccc12. The maximum Gasteiger partial charge on any atom is 0.221 e. The molecule has 0 radical (unpaired) electrons. The van der Waals surface area contributed by atoms with E-state index in [1.807, 2.05) is 18.3 Å². The standard InChI is InChI=1S/C12H13NOS/c1-8-5-4-6-9-11(8)10(15-3)7-13-12(9)14-2/h4-7H,1-3H3. The molecule has 2 aromatic rings. The molecule has 2 rings (SSSR count). The summed E-state index contributed by atoms with van der Waals surface area (Å²) in [7, 11) is 1.66. The van der Waals surface area contributed by atoms with Crippen LogP contribution in [-0.4, -0.2) is 18.3 Å². The number of methoxy groups -OCH3 is 1. The van der Waals surface area contributed by atoms with Gasteiger partial charge >= 0.3 is 0 Å². The molecule has 0 saturated carbocycles. The molecule has 78 valence electrons. The van der Waals surface area contributed by atoms with E-state index in [2.05, 4.69) is 24.2 Å². The summed E-state index contributed by atoms with van der Waals surface area (Å²) in [5, 5.41) is 2.33. The summed E-state index contributed by atoms with van der Waals surface area (Å²) >= 11 is 1.71. The number of aromatic nitrogens is 1. The maximum atomic E-state index is 5.26. The first-order valence-electron chi connectivity index (χ1n) is 4.74. The highest BCUT2D eigenvalue weighted by atomic mass is 32.2. The van der Waals surface area contributed by atoms with E-state index in [0.29, 0.717) is 5.88 Å². The number of rotatable bonds is 2. The van der Waals surface area contributed by atoms with Crippen LogP contribution in [-0.2, 0) is 0 Å². The Balaban J connectivity index is 2.86. The van der Waals surface area contributed by atoms with Crippen molar-refractivity contribution in [3.63, 3.8) is 0 Å². The third kappa shape index (κ3) is 1.67. The Kier molecular flexibility index (Phi) is 2.82. The van der Waals surface area contributed by atoms with Gasteiger partial charge in [-0.3, -0.25) is 0 Å². The number of nitrogens with zero attached hydrogens (tertiary/aromatic N) is 1. The van der Waals surface area contributed by atoms with Gasteiger partial charge in [-0.1, -0.05) is 12.1 Å². The molecule has 3 heteroatoms. The molecule has 0 aliphatic rings. The second kappa shape index (κ2) is 4.11. The Morgan fingerprint density at radius 1 is 1.33 bits per heavy atom. The molecule has 0 unspecified atom stereocenters. The van der Waals surface area contributed by atoms with E-state index in [-0.39, 0.29) is 0 Å². The van der Waals surface area contributed by atoms with Gasteiger partial charge in [0.15, 0.2) is 0 Å². The van der Waals surface area contributed by atoms with Crippen LogP contribution >= 0.6 is 11.8 Å². The van der Waals surface area contributed by atoms with Crippen molar-refractivity contribution in [3.05, 3.63) is 30.0 Å². The number of fused-ring (bicyclic) bond motifs is 1. The number of hydrogen-bond donors (Lipinski definition) is 0. The first kappa shape index (κ1) is 10.3. The summed E-state index contributed by atoms with van der Waals surface area (Å²) in [5.74, 6) is 0.700. The van der Waals surface area contributed by atoms with Gasteiger partial charge in [-0.05, 0) is 24.8 Å². The Morgan fingerprint density at radius 2 is 2.13 bits per heavy atom. The zero-order chi connectivity index (χ0) is 10.8. The van der Waals surface area contributed by atoms with E-state index < -0.39 is 0 Å². The topological polar surface area (TPSA) is 22.1 Å². The largest absolute Gasteiger partial charge is 0.481 e. The van der Waals surface area contributed by atoms with Crippen molar-refractivity contribution >= 4 is 22.5 Å². The van der Waals surface area contributed by atoms with Crippen molar-refractivity contribution in [1.82, 2.24) is 4.98 Å². The average molecular weight is 219 g/mol. The quantitative estimate of drug-likeness (QED) is 0.724. The van der Waals surface area contributed by atoms with Crippen LogP contribution < -0.4 is 4.74 Å². The maximum absolute atomic E-state index is 5.26. The smallest absolute Gasteiger partial charge is 0.221 e. The fourth-order valence-electron chi connectivity index (χ4n) is 1.74. The zero-order valence-corrected chi connectivity index (χ0v) is 9.89. The molecule has 1 aromatic heterocycles. The fourth-order valence-corrected chi connectivity index (χ4v) is 2.37. The monoisotopic (exact) mass is 219 g/mol. The molecule has 0 fully saturated rings. The molecule has 0 spiro atoms. The van der Waals surface area contributed by atoms with Crippen molar-refractivity contribution in [3.8, 4) is 5.88 Å². The number of hydrogen-bond acceptors (Lipinski definition) is 3. The van der Waals surface area contributed by atoms with Gasteiger partial charge in [-0.25, -0.2) is 4.98 Å². The van der Waals surface area contributed by atoms with Crippen molar-refractivity contribution in [2.45, 2.75) is 11.8 Å². The van der Waals surface area contributed by atoms with E-state index in [9.17, 15) is 0 Å². The molecule has 0 saturated heterocycles. The van der Waals surface area contributed by atoms with Gasteiger partial charge in [0.05, 0.1) is 7.11 Å². The van der Waals surface area contributed by atoms with Crippen LogP contribution in [0.2, 0.25) is 0 Å². The molecule has 0 bridgehead atoms. The molecule has 2 nitrogen and oxygen atoms in total. The molecule has 0 atom stereocenters. The number of benzene rings is 1. The third-order valence-electron chi connectivity index (χ3n) is 2.46. The normalized spacial score (nSPS) is 10.6. The Morgan fingerprint density at radius 3 is 2.80 bits per heavy atom. The number of ether oxygens (including phenoxy) is 1. The molecule has 0 aliphatic carbocycles. The predicted octanol–water partition coefficient (Wildman–Crippen LogP) is 3.27. The zero-order valence-electron chi connectivity index (χ0n) is 9.07. The van der Waals surface area contributed by atoms with E-state index in [4.69, 9.17) is 4.74 Å². The molecule has 0 N–H and O–H groups in total. The van der Waals surface area contributed by atoms with Crippen LogP contribution in [0.25, 0.3) is 10.8 Å². The minimum absolute atomic E-state index is 0.700. The molecule has 15 heavy (non-hydrogen) atoms. The van der Waals surface area contributed by atoms with Gasteiger partial charge in [0.1, 0.15) is 0 Å². The number of pyridine rings is 1. The highest BCUT2D eigenvalue weighted by Crippen LogP contribution is 2.32. The first-order valence-corrected chi connectivity index (χ1v) is 5.96. The van der Waals surface area contributed by atoms with Crippen LogP contribution in [0.1, 0.15) is 5.56 Å². The number of thioether (sulfide) groups is 1. The van der Waals surface area contributed by atoms with Gasteiger partial charge in [0, 0.05) is 21.9 Å². The summed E-state index contributed by atoms with van der Waals surface area (Å²) in [6, 6.07) is 6.20. The first-order chi connectivity index (χ1) is 7.27. The summed E-state index contributed by atoms with van der Waals surface area (Å²) < 4.78 is 5.26. The predicted molar refractivity (Wildman–Crippen MR) is 64.8 cm³/mol. The van der Waals surface area contributed by atoms with Crippen molar-refractivity contribution in [2.75, 3.05) is 13.4 Å². The molecular weight excluding hydrogens is 206 g/mol. The summed E-state index contributed by atoms with van der Waals surface area (Å²) in [5.41, 5.74) is 1.26. The van der Waals surface area contributed by atoms with E-state index >= 15 is 0 Å². The highest BCUT2D eigenvalue weighted by molar-refractivity contribution is 7.98. The Bertz CT molecular complexity index is 496. The van der Waals surface area contributed by atoms with E-state index in [1.54, 1.807) is 18.9 Å². The van der Waals surface area contributed by atoms with Crippen LogP contribution in [0.15, 0.2) is 29.3 Å².